The molecule has 0 radical (unpaired) electrons. The van der Waals surface area contributed by atoms with Crippen LogP contribution in [-0.2, 0) is 6.61 Å². The Bertz CT molecular complexity index is 304. The Labute approximate surface area is 82.0 Å². The average molecular weight is 199 g/mol. The first kappa shape index (κ1) is 11.1. The fraction of sp³-hybridized carbons (Fsp3) is 0.400. The third-order valence-electron chi connectivity index (χ3n) is 2.09. The van der Waals surface area contributed by atoms with Gasteiger partial charge in [0, 0.05) is 18.2 Å². The van der Waals surface area contributed by atoms with Crippen molar-refractivity contribution in [1.29, 1.82) is 0 Å². The van der Waals surface area contributed by atoms with Crippen LogP contribution in [0, 0.1) is 5.82 Å². The molecule has 3 nitrogen and oxygen atoms in total. The number of rotatable bonds is 4. The van der Waals surface area contributed by atoms with E-state index in [2.05, 4.69) is 0 Å². The van der Waals surface area contributed by atoms with Crippen molar-refractivity contribution in [2.75, 3.05) is 6.61 Å². The third-order valence-corrected chi connectivity index (χ3v) is 2.09. The standard InChI is InChI=1S/C10H14FNO2/c11-9-5-7(6-14)1-2-8(9)10(12)3-4-13/h1-2,5,10,13-14H,3-4,6,12H2/t10-/m1/s1. The molecule has 0 bridgehead atoms. The third kappa shape index (κ3) is 2.51. The van der Waals surface area contributed by atoms with E-state index in [1.54, 1.807) is 12.1 Å². The zero-order chi connectivity index (χ0) is 10.6. The van der Waals surface area contributed by atoms with Crippen molar-refractivity contribution in [3.8, 4) is 0 Å². The maximum Gasteiger partial charge on any atom is 0.128 e. The van der Waals surface area contributed by atoms with Crippen molar-refractivity contribution >= 4 is 0 Å². The summed E-state index contributed by atoms with van der Waals surface area (Å²) in [6, 6.07) is 3.93. The molecule has 4 heteroatoms. The van der Waals surface area contributed by atoms with Crippen LogP contribution in [0.15, 0.2) is 18.2 Å². The molecule has 1 aromatic rings. The molecule has 14 heavy (non-hydrogen) atoms. The van der Waals surface area contributed by atoms with E-state index in [1.807, 2.05) is 0 Å². The molecular formula is C10H14FNO2. The average Bonchev–Trinajstić information content (AvgIpc) is 2.17. The zero-order valence-electron chi connectivity index (χ0n) is 7.78. The monoisotopic (exact) mass is 199 g/mol. The Morgan fingerprint density at radius 2 is 2.07 bits per heavy atom. The van der Waals surface area contributed by atoms with Crippen LogP contribution in [0.3, 0.4) is 0 Å². The van der Waals surface area contributed by atoms with Crippen molar-refractivity contribution in [3.63, 3.8) is 0 Å². The number of hydrogen-bond acceptors (Lipinski definition) is 3. The second-order valence-corrected chi connectivity index (χ2v) is 3.13. The van der Waals surface area contributed by atoms with Gasteiger partial charge in [-0.25, -0.2) is 4.39 Å². The quantitative estimate of drug-likeness (QED) is 0.668. The van der Waals surface area contributed by atoms with E-state index >= 15 is 0 Å². The Hall–Kier alpha value is -0.970. The smallest absolute Gasteiger partial charge is 0.128 e. The molecule has 1 rings (SSSR count). The highest BCUT2D eigenvalue weighted by molar-refractivity contribution is 5.26. The summed E-state index contributed by atoms with van der Waals surface area (Å²) >= 11 is 0. The van der Waals surface area contributed by atoms with Gasteiger partial charge in [0.1, 0.15) is 5.82 Å². The van der Waals surface area contributed by atoms with Gasteiger partial charge in [0.05, 0.1) is 6.61 Å². The summed E-state index contributed by atoms with van der Waals surface area (Å²) in [7, 11) is 0. The van der Waals surface area contributed by atoms with Crippen molar-refractivity contribution in [2.24, 2.45) is 5.73 Å². The lowest BCUT2D eigenvalue weighted by Crippen LogP contribution is -2.13. The summed E-state index contributed by atoms with van der Waals surface area (Å²) in [6.07, 6.45) is 0.329. The van der Waals surface area contributed by atoms with Crippen LogP contribution < -0.4 is 5.73 Å². The number of aliphatic hydroxyl groups excluding tert-OH is 2. The molecule has 0 saturated carbocycles. The summed E-state index contributed by atoms with van der Waals surface area (Å²) in [5.74, 6) is -0.433. The van der Waals surface area contributed by atoms with Gasteiger partial charge in [0.15, 0.2) is 0 Å². The molecule has 0 amide bonds. The molecule has 0 saturated heterocycles. The highest BCUT2D eigenvalue weighted by Gasteiger charge is 2.10. The lowest BCUT2D eigenvalue weighted by atomic mass is 10.0. The second kappa shape index (κ2) is 5.05. The normalized spacial score (nSPS) is 12.9. The predicted octanol–water partition coefficient (Wildman–Crippen LogP) is 0.700. The van der Waals surface area contributed by atoms with E-state index in [1.165, 1.54) is 6.07 Å². The van der Waals surface area contributed by atoms with Gasteiger partial charge in [-0.3, -0.25) is 0 Å². The van der Waals surface area contributed by atoms with Gasteiger partial charge in [-0.05, 0) is 18.1 Å². The Morgan fingerprint density at radius 3 is 2.57 bits per heavy atom. The second-order valence-electron chi connectivity index (χ2n) is 3.13. The minimum Gasteiger partial charge on any atom is -0.396 e. The van der Waals surface area contributed by atoms with E-state index in [9.17, 15) is 4.39 Å². The van der Waals surface area contributed by atoms with Crippen molar-refractivity contribution < 1.29 is 14.6 Å². The van der Waals surface area contributed by atoms with Gasteiger partial charge >= 0.3 is 0 Å². The minimum atomic E-state index is -0.493. The number of hydrogen-bond donors (Lipinski definition) is 3. The molecule has 0 aliphatic rings. The van der Waals surface area contributed by atoms with Crippen molar-refractivity contribution in [3.05, 3.63) is 35.1 Å². The Balaban J connectivity index is 2.88. The van der Waals surface area contributed by atoms with Crippen LogP contribution in [0.5, 0.6) is 0 Å². The van der Waals surface area contributed by atoms with Crippen LogP contribution >= 0.6 is 0 Å². The number of halogens is 1. The van der Waals surface area contributed by atoms with Crippen molar-refractivity contribution in [2.45, 2.75) is 19.1 Å². The maximum atomic E-state index is 13.3. The fourth-order valence-electron chi connectivity index (χ4n) is 1.26. The summed E-state index contributed by atoms with van der Waals surface area (Å²) in [6.45, 7) is -0.255. The van der Waals surface area contributed by atoms with E-state index in [4.69, 9.17) is 15.9 Å². The van der Waals surface area contributed by atoms with E-state index < -0.39 is 11.9 Å². The van der Waals surface area contributed by atoms with Crippen LogP contribution in [0.1, 0.15) is 23.6 Å². The van der Waals surface area contributed by atoms with Crippen LogP contribution in [-0.4, -0.2) is 16.8 Å². The zero-order valence-corrected chi connectivity index (χ0v) is 7.78. The van der Waals surface area contributed by atoms with Crippen LogP contribution in [0.25, 0.3) is 0 Å². The highest BCUT2D eigenvalue weighted by Crippen LogP contribution is 2.18. The Morgan fingerprint density at radius 1 is 1.36 bits per heavy atom. The minimum absolute atomic E-state index is 0.0671. The number of nitrogens with two attached hydrogens (primary N) is 1. The molecule has 0 spiro atoms. The molecule has 1 atom stereocenters. The van der Waals surface area contributed by atoms with E-state index in [0.717, 1.165) is 0 Å². The molecule has 0 aliphatic carbocycles. The van der Waals surface area contributed by atoms with Gasteiger partial charge in [-0.1, -0.05) is 12.1 Å². The first-order chi connectivity index (χ1) is 6.69. The molecule has 0 unspecified atom stereocenters. The van der Waals surface area contributed by atoms with Gasteiger partial charge in [-0.15, -0.1) is 0 Å². The first-order valence-corrected chi connectivity index (χ1v) is 4.44. The molecule has 4 N–H and O–H groups in total. The number of benzene rings is 1. The summed E-state index contributed by atoms with van der Waals surface area (Å²) < 4.78 is 13.3. The first-order valence-electron chi connectivity index (χ1n) is 4.44. The largest absolute Gasteiger partial charge is 0.396 e. The summed E-state index contributed by atoms with van der Waals surface area (Å²) in [5.41, 5.74) is 6.52. The van der Waals surface area contributed by atoms with E-state index in [-0.39, 0.29) is 13.2 Å². The van der Waals surface area contributed by atoms with Crippen molar-refractivity contribution in [1.82, 2.24) is 0 Å². The molecule has 0 aliphatic heterocycles. The predicted molar refractivity (Wildman–Crippen MR) is 51.0 cm³/mol. The SMILES string of the molecule is N[C@H](CCO)c1ccc(CO)cc1F. The number of aliphatic hydroxyl groups is 2. The molecule has 1 aromatic carbocycles. The molecule has 0 heterocycles. The Kier molecular flexibility index (Phi) is 4.00. The molecular weight excluding hydrogens is 185 g/mol. The van der Waals surface area contributed by atoms with Gasteiger partial charge < -0.3 is 15.9 Å². The summed E-state index contributed by atoms with van der Waals surface area (Å²) in [4.78, 5) is 0. The van der Waals surface area contributed by atoms with Gasteiger partial charge in [0.2, 0.25) is 0 Å². The summed E-state index contributed by atoms with van der Waals surface area (Å²) in [5, 5.41) is 17.4. The maximum absolute atomic E-state index is 13.3. The van der Waals surface area contributed by atoms with E-state index in [0.29, 0.717) is 17.5 Å². The van der Waals surface area contributed by atoms with Gasteiger partial charge in [-0.2, -0.15) is 0 Å². The molecule has 78 valence electrons. The van der Waals surface area contributed by atoms with Crippen LogP contribution in [0.2, 0.25) is 0 Å². The van der Waals surface area contributed by atoms with Crippen LogP contribution in [0.4, 0.5) is 4.39 Å². The molecule has 0 fully saturated rings. The highest BCUT2D eigenvalue weighted by atomic mass is 19.1. The molecule has 0 aromatic heterocycles. The topological polar surface area (TPSA) is 66.5 Å². The lowest BCUT2D eigenvalue weighted by molar-refractivity contribution is 0.274. The fourth-order valence-corrected chi connectivity index (χ4v) is 1.26. The van der Waals surface area contributed by atoms with Gasteiger partial charge in [0.25, 0.3) is 0 Å². The lowest BCUT2D eigenvalue weighted by Gasteiger charge is -2.11.